The van der Waals surface area contributed by atoms with Crippen LogP contribution in [0.2, 0.25) is 0 Å². The number of hydrogen-bond acceptors (Lipinski definition) is 3. The summed E-state index contributed by atoms with van der Waals surface area (Å²) in [6.07, 6.45) is 3.73. The zero-order valence-electron chi connectivity index (χ0n) is 14.4. The summed E-state index contributed by atoms with van der Waals surface area (Å²) in [6.45, 7) is 3.13. The number of nitrogens with two attached hydrogens (primary N) is 1. The van der Waals surface area contributed by atoms with Crippen molar-refractivity contribution >= 4 is 34.2 Å². The quantitative estimate of drug-likeness (QED) is 0.645. The number of halogens is 2. The number of nitrogens with one attached hydrogen (secondary N) is 1. The van der Waals surface area contributed by atoms with Gasteiger partial charge in [-0.15, -0.1) is 12.4 Å². The van der Waals surface area contributed by atoms with Gasteiger partial charge in [-0.3, -0.25) is 4.79 Å². The highest BCUT2D eigenvalue weighted by Gasteiger charge is 2.42. The highest BCUT2D eigenvalue weighted by molar-refractivity contribution is 9.10. The van der Waals surface area contributed by atoms with Crippen LogP contribution in [0, 0.1) is 11.8 Å². The van der Waals surface area contributed by atoms with Crippen molar-refractivity contribution in [3.63, 3.8) is 0 Å². The molecule has 0 heterocycles. The second-order valence-corrected chi connectivity index (χ2v) is 7.61. The normalized spacial score (nSPS) is 17.5. The van der Waals surface area contributed by atoms with E-state index in [1.54, 1.807) is 7.11 Å². The highest BCUT2D eigenvalue weighted by Crippen LogP contribution is 2.39. The molecule has 2 atom stereocenters. The monoisotopic (exact) mass is 418 g/mol. The SMILES string of the molecule is COCCC(Cc1cccc(Br)c1)C(=O)NC(C)(CN)C1CC1.Cl. The molecule has 0 spiro atoms. The summed E-state index contributed by atoms with van der Waals surface area (Å²) in [5, 5.41) is 3.22. The van der Waals surface area contributed by atoms with Crippen LogP contribution in [-0.4, -0.2) is 31.7 Å². The molecular weight excluding hydrogens is 392 g/mol. The van der Waals surface area contributed by atoms with Crippen molar-refractivity contribution in [3.05, 3.63) is 34.3 Å². The van der Waals surface area contributed by atoms with Crippen LogP contribution in [0.4, 0.5) is 0 Å². The van der Waals surface area contributed by atoms with Gasteiger partial charge in [-0.25, -0.2) is 0 Å². The zero-order chi connectivity index (χ0) is 16.9. The van der Waals surface area contributed by atoms with Crippen molar-refractivity contribution in [2.75, 3.05) is 20.3 Å². The number of ether oxygens (including phenoxy) is 1. The van der Waals surface area contributed by atoms with Gasteiger partial charge < -0.3 is 15.8 Å². The Hall–Kier alpha value is -0.620. The third-order valence-corrected chi connectivity index (χ3v) is 5.22. The van der Waals surface area contributed by atoms with Crippen LogP contribution < -0.4 is 11.1 Å². The molecule has 0 bridgehead atoms. The summed E-state index contributed by atoms with van der Waals surface area (Å²) in [7, 11) is 1.67. The number of methoxy groups -OCH3 is 1. The van der Waals surface area contributed by atoms with Gasteiger partial charge in [0.15, 0.2) is 0 Å². The van der Waals surface area contributed by atoms with Crippen molar-refractivity contribution in [2.24, 2.45) is 17.6 Å². The van der Waals surface area contributed by atoms with E-state index in [1.165, 1.54) is 0 Å². The Labute approximate surface area is 159 Å². The summed E-state index contributed by atoms with van der Waals surface area (Å²) < 4.78 is 6.22. The minimum absolute atomic E-state index is 0. The van der Waals surface area contributed by atoms with E-state index in [9.17, 15) is 4.79 Å². The maximum absolute atomic E-state index is 12.8. The fourth-order valence-corrected chi connectivity index (χ4v) is 3.40. The van der Waals surface area contributed by atoms with Crippen molar-refractivity contribution in [1.29, 1.82) is 0 Å². The molecule has 1 saturated carbocycles. The van der Waals surface area contributed by atoms with Gasteiger partial charge in [0.1, 0.15) is 0 Å². The predicted molar refractivity (Wildman–Crippen MR) is 103 cm³/mol. The molecule has 2 unspecified atom stereocenters. The molecule has 136 valence electrons. The Morgan fingerprint density at radius 1 is 1.50 bits per heavy atom. The summed E-state index contributed by atoms with van der Waals surface area (Å²) in [5.41, 5.74) is 6.79. The van der Waals surface area contributed by atoms with Gasteiger partial charge in [0.25, 0.3) is 0 Å². The Bertz CT molecular complexity index is 540. The molecule has 1 aliphatic carbocycles. The number of hydrogen-bond donors (Lipinski definition) is 2. The first kappa shape index (κ1) is 21.4. The maximum atomic E-state index is 12.8. The van der Waals surface area contributed by atoms with Crippen molar-refractivity contribution in [2.45, 2.75) is 38.1 Å². The van der Waals surface area contributed by atoms with Gasteiger partial charge in [0.05, 0.1) is 5.54 Å². The summed E-state index contributed by atoms with van der Waals surface area (Å²) in [5.74, 6) is 0.501. The molecule has 1 amide bonds. The van der Waals surface area contributed by atoms with E-state index in [0.717, 1.165) is 22.9 Å². The first-order valence-electron chi connectivity index (χ1n) is 8.24. The molecule has 0 radical (unpaired) electrons. The van der Waals surface area contributed by atoms with E-state index in [1.807, 2.05) is 12.1 Å². The van der Waals surface area contributed by atoms with Crippen molar-refractivity contribution in [1.82, 2.24) is 5.32 Å². The van der Waals surface area contributed by atoms with Gasteiger partial charge in [-0.05, 0) is 56.2 Å². The molecule has 4 nitrogen and oxygen atoms in total. The molecule has 1 fully saturated rings. The second kappa shape index (κ2) is 9.76. The second-order valence-electron chi connectivity index (χ2n) is 6.70. The lowest BCUT2D eigenvalue weighted by Crippen LogP contribution is -2.55. The van der Waals surface area contributed by atoms with E-state index in [2.05, 4.69) is 40.3 Å². The lowest BCUT2D eigenvalue weighted by atomic mass is 9.91. The fourth-order valence-electron chi connectivity index (χ4n) is 2.96. The Kier molecular flexibility index (Phi) is 8.71. The van der Waals surface area contributed by atoms with Crippen LogP contribution in [0.25, 0.3) is 0 Å². The average Bonchev–Trinajstić information content (AvgIpc) is 3.36. The molecule has 0 saturated heterocycles. The highest BCUT2D eigenvalue weighted by atomic mass is 79.9. The van der Waals surface area contributed by atoms with E-state index in [-0.39, 0.29) is 29.8 Å². The Balaban J connectivity index is 0.00000288. The molecular formula is C18H28BrClN2O2. The lowest BCUT2D eigenvalue weighted by molar-refractivity contribution is -0.127. The average molecular weight is 420 g/mol. The van der Waals surface area contributed by atoms with Crippen LogP contribution in [0.3, 0.4) is 0 Å². The molecule has 3 N–H and O–H groups in total. The third-order valence-electron chi connectivity index (χ3n) is 4.72. The van der Waals surface area contributed by atoms with Gasteiger partial charge in [0.2, 0.25) is 5.91 Å². The lowest BCUT2D eigenvalue weighted by Gasteiger charge is -2.31. The molecule has 1 aromatic rings. The number of rotatable bonds is 9. The molecule has 0 aliphatic heterocycles. The van der Waals surface area contributed by atoms with E-state index in [4.69, 9.17) is 10.5 Å². The third kappa shape index (κ3) is 6.03. The fraction of sp³-hybridized carbons (Fsp3) is 0.611. The predicted octanol–water partition coefficient (Wildman–Crippen LogP) is 3.31. The minimum Gasteiger partial charge on any atom is -0.385 e. The van der Waals surface area contributed by atoms with Gasteiger partial charge >= 0.3 is 0 Å². The van der Waals surface area contributed by atoms with E-state index >= 15 is 0 Å². The Morgan fingerprint density at radius 3 is 2.75 bits per heavy atom. The van der Waals surface area contributed by atoms with Crippen LogP contribution >= 0.6 is 28.3 Å². The molecule has 1 aliphatic rings. The van der Waals surface area contributed by atoms with Crippen LogP contribution in [0.5, 0.6) is 0 Å². The summed E-state index contributed by atoms with van der Waals surface area (Å²) in [6, 6.07) is 8.11. The van der Waals surface area contributed by atoms with Crippen LogP contribution in [-0.2, 0) is 16.0 Å². The summed E-state index contributed by atoms with van der Waals surface area (Å²) in [4.78, 5) is 12.8. The molecule has 2 rings (SSSR count). The van der Waals surface area contributed by atoms with E-state index in [0.29, 0.717) is 31.9 Å². The number of carbonyl (C=O) groups excluding carboxylic acids is 1. The first-order chi connectivity index (χ1) is 11.0. The smallest absolute Gasteiger partial charge is 0.224 e. The van der Waals surface area contributed by atoms with Crippen molar-refractivity contribution in [3.8, 4) is 0 Å². The minimum atomic E-state index is -0.278. The molecule has 0 aromatic heterocycles. The van der Waals surface area contributed by atoms with Gasteiger partial charge in [0, 0.05) is 30.7 Å². The van der Waals surface area contributed by atoms with Crippen LogP contribution in [0.1, 0.15) is 31.7 Å². The van der Waals surface area contributed by atoms with E-state index < -0.39 is 0 Å². The number of benzene rings is 1. The molecule has 1 aromatic carbocycles. The van der Waals surface area contributed by atoms with Crippen molar-refractivity contribution < 1.29 is 9.53 Å². The maximum Gasteiger partial charge on any atom is 0.224 e. The Morgan fingerprint density at radius 2 is 2.21 bits per heavy atom. The summed E-state index contributed by atoms with van der Waals surface area (Å²) >= 11 is 3.49. The number of amides is 1. The van der Waals surface area contributed by atoms with Gasteiger partial charge in [-0.1, -0.05) is 28.1 Å². The molecule has 24 heavy (non-hydrogen) atoms. The topological polar surface area (TPSA) is 64.3 Å². The van der Waals surface area contributed by atoms with Gasteiger partial charge in [-0.2, -0.15) is 0 Å². The largest absolute Gasteiger partial charge is 0.385 e. The zero-order valence-corrected chi connectivity index (χ0v) is 16.8. The number of carbonyl (C=O) groups is 1. The van der Waals surface area contributed by atoms with Crippen LogP contribution in [0.15, 0.2) is 28.7 Å². The standard InChI is InChI=1S/C18H27BrN2O2.ClH/c1-18(12-20,15-6-7-15)21-17(22)14(8-9-23-2)10-13-4-3-5-16(19)11-13;/h3-5,11,14-15H,6-10,12,20H2,1-2H3,(H,21,22);1H. The first-order valence-corrected chi connectivity index (χ1v) is 9.03. The molecule has 6 heteroatoms.